The van der Waals surface area contributed by atoms with Crippen molar-refractivity contribution in [2.24, 2.45) is 0 Å². The Morgan fingerprint density at radius 2 is 0.500 bits per heavy atom. The van der Waals surface area contributed by atoms with Crippen molar-refractivity contribution in [3.05, 3.63) is 0 Å². The molecule has 0 radical (unpaired) electrons. The molecular formula is C3H12W. The third-order valence-electron chi connectivity index (χ3n) is 0. The van der Waals surface area contributed by atoms with Gasteiger partial charge in [-0.15, -0.1) is 0 Å². The normalized spacial score (nSPS) is 0. The third-order valence-corrected chi connectivity index (χ3v) is 0. The molecule has 0 aliphatic rings. The van der Waals surface area contributed by atoms with Gasteiger partial charge in [-0.25, -0.2) is 0 Å². The van der Waals surface area contributed by atoms with Gasteiger partial charge in [-0.05, 0) is 0 Å². The largest absolute Gasteiger partial charge is 0.0776 e. The van der Waals surface area contributed by atoms with E-state index < -0.39 is 0 Å². The molecule has 0 spiro atoms. The van der Waals surface area contributed by atoms with Crippen LogP contribution in [-0.2, 0) is 21.1 Å². The Morgan fingerprint density at radius 3 is 0.500 bits per heavy atom. The van der Waals surface area contributed by atoms with Crippen molar-refractivity contribution in [2.45, 2.75) is 22.3 Å². The summed E-state index contributed by atoms with van der Waals surface area (Å²) in [6.45, 7) is 0. The second kappa shape index (κ2) is 56.3. The van der Waals surface area contributed by atoms with Gasteiger partial charge in [-0.3, -0.25) is 0 Å². The maximum Gasteiger partial charge on any atom is 0 e. The maximum atomic E-state index is 0. The van der Waals surface area contributed by atoms with E-state index in [1.165, 1.54) is 0 Å². The van der Waals surface area contributed by atoms with Crippen molar-refractivity contribution in [1.29, 1.82) is 0 Å². The molecule has 0 amide bonds. The molecule has 0 heterocycles. The maximum absolute atomic E-state index is 0. The molecule has 0 fully saturated rings. The number of rotatable bonds is 0. The van der Waals surface area contributed by atoms with E-state index in [9.17, 15) is 0 Å². The van der Waals surface area contributed by atoms with Gasteiger partial charge in [-0.2, -0.15) is 0 Å². The van der Waals surface area contributed by atoms with Crippen LogP contribution in [0.1, 0.15) is 22.3 Å². The predicted octanol–water partition coefficient (Wildman–Crippen LogP) is 1.91. The zero-order chi connectivity index (χ0) is 0. The summed E-state index contributed by atoms with van der Waals surface area (Å²) < 4.78 is 0. The van der Waals surface area contributed by atoms with Gasteiger partial charge in [0.2, 0.25) is 0 Å². The Balaban J connectivity index is 0. The molecule has 0 aliphatic heterocycles. The molecule has 0 aromatic carbocycles. The molecule has 0 saturated carbocycles. The summed E-state index contributed by atoms with van der Waals surface area (Å²) in [5, 5.41) is 0. The number of hydrogen-bond donors (Lipinski definition) is 0. The van der Waals surface area contributed by atoms with E-state index in [0.717, 1.165) is 0 Å². The van der Waals surface area contributed by atoms with E-state index in [2.05, 4.69) is 0 Å². The van der Waals surface area contributed by atoms with Crippen molar-refractivity contribution < 1.29 is 21.1 Å². The molecule has 0 rings (SSSR count). The fraction of sp³-hybridized carbons (Fsp3) is 1.00. The molecule has 0 unspecified atom stereocenters. The van der Waals surface area contributed by atoms with Crippen molar-refractivity contribution >= 4 is 0 Å². The minimum Gasteiger partial charge on any atom is -0.0776 e. The second-order valence-electron chi connectivity index (χ2n) is 0. The Labute approximate surface area is 43.9 Å². The van der Waals surface area contributed by atoms with E-state index in [0.29, 0.717) is 0 Å². The Morgan fingerprint density at radius 1 is 0.500 bits per heavy atom. The van der Waals surface area contributed by atoms with Gasteiger partial charge in [0.1, 0.15) is 0 Å². The summed E-state index contributed by atoms with van der Waals surface area (Å²) >= 11 is 0. The summed E-state index contributed by atoms with van der Waals surface area (Å²) in [5.41, 5.74) is 0. The van der Waals surface area contributed by atoms with Crippen LogP contribution < -0.4 is 0 Å². The molecule has 1 heteroatoms. The van der Waals surface area contributed by atoms with E-state index in [1.54, 1.807) is 0 Å². The van der Waals surface area contributed by atoms with Gasteiger partial charge in [-0.1, -0.05) is 22.3 Å². The average Bonchev–Trinajstić information content (AvgIpc) is 0. The molecule has 4 heavy (non-hydrogen) atoms. The molecular weight excluding hydrogens is 220 g/mol. The standard InChI is InChI=1S/3CH4.W/h3*1H4;. The molecule has 0 aromatic rings. The van der Waals surface area contributed by atoms with Gasteiger partial charge in [0.15, 0.2) is 0 Å². The van der Waals surface area contributed by atoms with Crippen LogP contribution in [-0.4, -0.2) is 0 Å². The van der Waals surface area contributed by atoms with Crippen LogP contribution in [0.5, 0.6) is 0 Å². The predicted molar refractivity (Wildman–Crippen MR) is 20.2 cm³/mol. The fourth-order valence-corrected chi connectivity index (χ4v) is 0. The first kappa shape index (κ1) is 135. The van der Waals surface area contributed by atoms with Crippen molar-refractivity contribution in [2.75, 3.05) is 0 Å². The van der Waals surface area contributed by atoms with Crippen LogP contribution in [0.3, 0.4) is 0 Å². The van der Waals surface area contributed by atoms with Gasteiger partial charge in [0.25, 0.3) is 0 Å². The molecule has 0 atom stereocenters. The molecule has 0 aliphatic carbocycles. The molecule has 0 saturated heterocycles. The van der Waals surface area contributed by atoms with E-state index in [-0.39, 0.29) is 43.3 Å². The SMILES string of the molecule is C.C.C.[W]. The van der Waals surface area contributed by atoms with Crippen molar-refractivity contribution in [3.63, 3.8) is 0 Å². The summed E-state index contributed by atoms with van der Waals surface area (Å²) in [6, 6.07) is 0. The monoisotopic (exact) mass is 232 g/mol. The van der Waals surface area contributed by atoms with Crippen LogP contribution in [0.25, 0.3) is 0 Å². The smallest absolute Gasteiger partial charge is 0 e. The van der Waals surface area contributed by atoms with Crippen molar-refractivity contribution in [1.82, 2.24) is 0 Å². The van der Waals surface area contributed by atoms with Gasteiger partial charge in [0.05, 0.1) is 0 Å². The summed E-state index contributed by atoms with van der Waals surface area (Å²) in [6.07, 6.45) is 0. The first-order valence-corrected chi connectivity index (χ1v) is 0. The quantitative estimate of drug-likeness (QED) is 0.598. The minimum absolute atomic E-state index is 0. The minimum atomic E-state index is 0. The molecule has 0 nitrogen and oxygen atoms in total. The zero-order valence-electron chi connectivity index (χ0n) is 0.408. The van der Waals surface area contributed by atoms with E-state index in [4.69, 9.17) is 0 Å². The zero-order valence-corrected chi connectivity index (χ0v) is 3.34. The van der Waals surface area contributed by atoms with Gasteiger partial charge < -0.3 is 0 Å². The van der Waals surface area contributed by atoms with Crippen molar-refractivity contribution in [3.8, 4) is 0 Å². The van der Waals surface area contributed by atoms with Crippen LogP contribution in [0.2, 0.25) is 0 Å². The first-order valence-electron chi connectivity index (χ1n) is 0. The van der Waals surface area contributed by atoms with E-state index >= 15 is 0 Å². The first-order chi connectivity index (χ1) is 0. The van der Waals surface area contributed by atoms with Crippen LogP contribution in [0, 0.1) is 0 Å². The second-order valence-corrected chi connectivity index (χ2v) is 0. The summed E-state index contributed by atoms with van der Waals surface area (Å²) in [5.74, 6) is 0. The molecule has 0 bridgehead atoms. The van der Waals surface area contributed by atoms with Crippen LogP contribution in [0.15, 0.2) is 0 Å². The van der Waals surface area contributed by atoms with Crippen LogP contribution in [0.4, 0.5) is 0 Å². The molecule has 0 N–H and O–H groups in total. The van der Waals surface area contributed by atoms with Crippen LogP contribution >= 0.6 is 0 Å². The van der Waals surface area contributed by atoms with Gasteiger partial charge in [0, 0.05) is 21.1 Å². The molecule has 30 valence electrons. The average molecular weight is 232 g/mol. The van der Waals surface area contributed by atoms with Gasteiger partial charge >= 0.3 is 0 Å². The fourth-order valence-electron chi connectivity index (χ4n) is 0. The Bertz CT molecular complexity index is 3.25. The summed E-state index contributed by atoms with van der Waals surface area (Å²) in [4.78, 5) is 0. The Kier molecular flexibility index (Phi) is 1890. The topological polar surface area (TPSA) is 0 Å². The Hall–Kier alpha value is 0.688. The summed E-state index contributed by atoms with van der Waals surface area (Å²) in [7, 11) is 0. The third kappa shape index (κ3) is 16.2. The number of hydrogen-bond acceptors (Lipinski definition) is 0. The molecule has 0 aromatic heterocycles. The van der Waals surface area contributed by atoms with E-state index in [1.807, 2.05) is 0 Å².